The predicted molar refractivity (Wildman–Crippen MR) is 80.3 cm³/mol. The molecule has 0 fully saturated rings. The van der Waals surface area contributed by atoms with Gasteiger partial charge in [0.25, 0.3) is 5.91 Å². The first-order valence-corrected chi connectivity index (χ1v) is 6.87. The van der Waals surface area contributed by atoms with Crippen LogP contribution in [0.4, 0.5) is 5.69 Å². The molecule has 0 aliphatic carbocycles. The highest BCUT2D eigenvalue weighted by Gasteiger charge is 2.20. The third-order valence-corrected chi connectivity index (χ3v) is 3.36. The van der Waals surface area contributed by atoms with Crippen molar-refractivity contribution in [2.75, 3.05) is 11.4 Å². The van der Waals surface area contributed by atoms with Crippen molar-refractivity contribution >= 4 is 27.5 Å². The van der Waals surface area contributed by atoms with Gasteiger partial charge >= 0.3 is 0 Å². The van der Waals surface area contributed by atoms with Gasteiger partial charge in [0, 0.05) is 22.9 Å². The molecule has 1 heterocycles. The summed E-state index contributed by atoms with van der Waals surface area (Å²) in [5.74, 6) is -0.223. The highest BCUT2D eigenvalue weighted by atomic mass is 79.9. The number of aromatic nitrogens is 1. The molecule has 1 aromatic heterocycles. The maximum Gasteiger partial charge on any atom is 0.278 e. The van der Waals surface area contributed by atoms with Crippen LogP contribution < -0.4 is 4.90 Å². The number of carbonyl (C=O) groups excluding carboxylic acids is 1. The Morgan fingerprint density at radius 2 is 2.00 bits per heavy atom. The van der Waals surface area contributed by atoms with Crippen molar-refractivity contribution < 1.29 is 4.79 Å². The Morgan fingerprint density at radius 3 is 2.65 bits per heavy atom. The SMILES string of the molecule is N#CCCN(C(=O)c1ncccc1Br)c1ccccc1. The first kappa shape index (κ1) is 14.2. The Kier molecular flexibility index (Phi) is 4.85. The van der Waals surface area contributed by atoms with Gasteiger partial charge < -0.3 is 4.90 Å². The van der Waals surface area contributed by atoms with Crippen LogP contribution in [0.3, 0.4) is 0 Å². The fourth-order valence-corrected chi connectivity index (χ4v) is 2.21. The molecule has 0 aliphatic heterocycles. The van der Waals surface area contributed by atoms with Gasteiger partial charge in [-0.2, -0.15) is 5.26 Å². The molecule has 0 saturated carbocycles. The number of anilines is 1. The lowest BCUT2D eigenvalue weighted by molar-refractivity contribution is 0.0982. The Morgan fingerprint density at radius 1 is 1.25 bits per heavy atom. The van der Waals surface area contributed by atoms with Crippen molar-refractivity contribution in [3.05, 3.63) is 58.8 Å². The number of halogens is 1. The number of hydrogen-bond donors (Lipinski definition) is 0. The number of pyridine rings is 1. The van der Waals surface area contributed by atoms with Gasteiger partial charge in [-0.05, 0) is 40.2 Å². The van der Waals surface area contributed by atoms with Crippen molar-refractivity contribution in [2.45, 2.75) is 6.42 Å². The number of nitriles is 1. The van der Waals surface area contributed by atoms with Crippen LogP contribution in [0.15, 0.2) is 53.1 Å². The van der Waals surface area contributed by atoms with E-state index in [-0.39, 0.29) is 12.3 Å². The number of benzene rings is 1. The van der Waals surface area contributed by atoms with E-state index in [0.717, 1.165) is 5.69 Å². The van der Waals surface area contributed by atoms with Crippen LogP contribution in [0.5, 0.6) is 0 Å². The average molecular weight is 330 g/mol. The van der Waals surface area contributed by atoms with Crippen LogP contribution >= 0.6 is 15.9 Å². The van der Waals surface area contributed by atoms with Gasteiger partial charge in [0.1, 0.15) is 5.69 Å². The van der Waals surface area contributed by atoms with Crippen molar-refractivity contribution in [2.24, 2.45) is 0 Å². The Labute approximate surface area is 125 Å². The Balaban J connectivity index is 2.35. The summed E-state index contributed by atoms with van der Waals surface area (Å²) in [4.78, 5) is 18.3. The molecule has 0 spiro atoms. The summed E-state index contributed by atoms with van der Waals surface area (Å²) >= 11 is 3.33. The van der Waals surface area contributed by atoms with Gasteiger partial charge in [-0.3, -0.25) is 4.79 Å². The molecular weight excluding hydrogens is 318 g/mol. The van der Waals surface area contributed by atoms with E-state index < -0.39 is 0 Å². The van der Waals surface area contributed by atoms with Crippen molar-refractivity contribution in [1.29, 1.82) is 5.26 Å². The maximum atomic E-state index is 12.6. The summed E-state index contributed by atoms with van der Waals surface area (Å²) in [7, 11) is 0. The van der Waals surface area contributed by atoms with E-state index in [1.165, 1.54) is 0 Å². The summed E-state index contributed by atoms with van der Waals surface area (Å²) in [5, 5.41) is 8.76. The predicted octanol–water partition coefficient (Wildman–Crippen LogP) is 3.40. The van der Waals surface area contributed by atoms with E-state index in [9.17, 15) is 4.79 Å². The second-order valence-electron chi connectivity index (χ2n) is 4.03. The zero-order chi connectivity index (χ0) is 14.4. The smallest absolute Gasteiger partial charge is 0.278 e. The molecule has 4 nitrogen and oxygen atoms in total. The van der Waals surface area contributed by atoms with Crippen LogP contribution in [0.25, 0.3) is 0 Å². The molecule has 100 valence electrons. The van der Waals surface area contributed by atoms with Gasteiger partial charge in [-0.15, -0.1) is 0 Å². The minimum Gasteiger partial charge on any atom is -0.306 e. The lowest BCUT2D eigenvalue weighted by Crippen LogP contribution is -2.32. The molecule has 5 heteroatoms. The molecule has 0 atom stereocenters. The zero-order valence-electron chi connectivity index (χ0n) is 10.7. The summed E-state index contributed by atoms with van der Waals surface area (Å²) in [6, 6.07) is 14.9. The van der Waals surface area contributed by atoms with Gasteiger partial charge in [-0.25, -0.2) is 4.98 Å². The van der Waals surface area contributed by atoms with E-state index in [4.69, 9.17) is 5.26 Å². The minimum absolute atomic E-state index is 0.223. The second-order valence-corrected chi connectivity index (χ2v) is 4.89. The highest BCUT2D eigenvalue weighted by Crippen LogP contribution is 2.20. The number of nitrogens with zero attached hydrogens (tertiary/aromatic N) is 3. The van der Waals surface area contributed by atoms with Crippen molar-refractivity contribution in [3.8, 4) is 6.07 Å². The normalized spacial score (nSPS) is 9.80. The molecule has 0 saturated heterocycles. The van der Waals surface area contributed by atoms with Gasteiger partial charge in [0.2, 0.25) is 0 Å². The molecular formula is C15H12BrN3O. The average Bonchev–Trinajstić information content (AvgIpc) is 2.49. The topological polar surface area (TPSA) is 57.0 Å². The van der Waals surface area contributed by atoms with Crippen LogP contribution in [-0.4, -0.2) is 17.4 Å². The van der Waals surface area contributed by atoms with Crippen molar-refractivity contribution in [1.82, 2.24) is 4.98 Å². The highest BCUT2D eigenvalue weighted by molar-refractivity contribution is 9.10. The zero-order valence-corrected chi connectivity index (χ0v) is 12.2. The second kappa shape index (κ2) is 6.83. The minimum atomic E-state index is -0.223. The van der Waals surface area contributed by atoms with Gasteiger partial charge in [0.05, 0.1) is 12.5 Å². The van der Waals surface area contributed by atoms with E-state index in [1.807, 2.05) is 30.3 Å². The first-order chi connectivity index (χ1) is 9.74. The van der Waals surface area contributed by atoms with Gasteiger partial charge in [0.15, 0.2) is 0 Å². The standard InChI is InChI=1S/C15H12BrN3O/c16-13-8-4-10-18-14(13)15(20)19(11-5-9-17)12-6-2-1-3-7-12/h1-4,6-8,10H,5,11H2. The number of hydrogen-bond acceptors (Lipinski definition) is 3. The molecule has 20 heavy (non-hydrogen) atoms. The molecule has 0 unspecified atom stereocenters. The molecule has 2 aromatic rings. The number of carbonyl (C=O) groups is 1. The van der Waals surface area contributed by atoms with E-state index in [2.05, 4.69) is 27.0 Å². The maximum absolute atomic E-state index is 12.6. The summed E-state index contributed by atoms with van der Waals surface area (Å²) < 4.78 is 0.642. The monoisotopic (exact) mass is 329 g/mol. The van der Waals surface area contributed by atoms with E-state index in [0.29, 0.717) is 16.7 Å². The molecule has 0 aliphatic rings. The fraction of sp³-hybridized carbons (Fsp3) is 0.133. The number of amides is 1. The first-order valence-electron chi connectivity index (χ1n) is 6.08. The summed E-state index contributed by atoms with van der Waals surface area (Å²) in [5.41, 5.74) is 1.10. The van der Waals surface area contributed by atoms with Crippen LogP contribution in [0, 0.1) is 11.3 Å². The summed E-state index contributed by atoms with van der Waals surface area (Å²) in [6.45, 7) is 0.336. The Bertz CT molecular complexity index is 637. The number of rotatable bonds is 4. The van der Waals surface area contributed by atoms with E-state index in [1.54, 1.807) is 23.2 Å². The molecule has 0 radical (unpaired) electrons. The van der Waals surface area contributed by atoms with Crippen LogP contribution in [0.1, 0.15) is 16.9 Å². The number of para-hydroxylation sites is 1. The van der Waals surface area contributed by atoms with Crippen molar-refractivity contribution in [3.63, 3.8) is 0 Å². The Hall–Kier alpha value is -2.19. The quantitative estimate of drug-likeness (QED) is 0.863. The van der Waals surface area contributed by atoms with Gasteiger partial charge in [-0.1, -0.05) is 18.2 Å². The van der Waals surface area contributed by atoms with E-state index >= 15 is 0 Å². The fourth-order valence-electron chi connectivity index (χ4n) is 1.79. The molecule has 1 aromatic carbocycles. The largest absolute Gasteiger partial charge is 0.306 e. The lowest BCUT2D eigenvalue weighted by atomic mass is 10.2. The summed E-state index contributed by atoms with van der Waals surface area (Å²) in [6.07, 6.45) is 1.84. The molecule has 1 amide bonds. The third-order valence-electron chi connectivity index (χ3n) is 2.72. The van der Waals surface area contributed by atoms with Crippen LogP contribution in [-0.2, 0) is 0 Å². The lowest BCUT2D eigenvalue weighted by Gasteiger charge is -2.21. The molecule has 0 N–H and O–H groups in total. The third kappa shape index (κ3) is 3.22. The van der Waals surface area contributed by atoms with Crippen LogP contribution in [0.2, 0.25) is 0 Å². The molecule has 0 bridgehead atoms. The molecule has 2 rings (SSSR count).